The van der Waals surface area contributed by atoms with E-state index in [4.69, 9.17) is 4.74 Å². The van der Waals surface area contributed by atoms with Crippen molar-refractivity contribution in [3.05, 3.63) is 18.1 Å². The van der Waals surface area contributed by atoms with Crippen LogP contribution in [0, 0.1) is 0 Å². The maximum absolute atomic E-state index is 6.08. The number of rotatable bonds is 2. The lowest BCUT2D eigenvalue weighted by molar-refractivity contribution is -0.0628. The Morgan fingerprint density at radius 3 is 3.00 bits per heavy atom. The summed E-state index contributed by atoms with van der Waals surface area (Å²) in [5.74, 6) is 4.21. The maximum Gasteiger partial charge on any atom is 0.135 e. The molecule has 1 spiro atoms. The van der Waals surface area contributed by atoms with Gasteiger partial charge in [0.1, 0.15) is 11.6 Å². The molecule has 2 fully saturated rings. The van der Waals surface area contributed by atoms with Crippen LogP contribution in [0.15, 0.2) is 12.3 Å². The van der Waals surface area contributed by atoms with E-state index in [1.165, 1.54) is 12.2 Å². The summed E-state index contributed by atoms with van der Waals surface area (Å²) in [5.41, 5.74) is 0.0944. The largest absolute Gasteiger partial charge is 0.374 e. The minimum absolute atomic E-state index is 0.0172. The Balaban J connectivity index is 1.69. The van der Waals surface area contributed by atoms with Gasteiger partial charge in [-0.05, 0) is 31.1 Å². The van der Waals surface area contributed by atoms with E-state index in [2.05, 4.69) is 36.1 Å². The second-order valence-corrected chi connectivity index (χ2v) is 8.29. The van der Waals surface area contributed by atoms with Crippen LogP contribution in [0.5, 0.6) is 0 Å². The van der Waals surface area contributed by atoms with Crippen LogP contribution in [-0.4, -0.2) is 39.7 Å². The first kappa shape index (κ1) is 15.1. The van der Waals surface area contributed by atoms with Gasteiger partial charge in [0.15, 0.2) is 0 Å². The van der Waals surface area contributed by atoms with Gasteiger partial charge in [0, 0.05) is 30.0 Å². The van der Waals surface area contributed by atoms with Crippen LogP contribution < -0.4 is 5.32 Å². The fourth-order valence-corrected chi connectivity index (χ4v) is 4.40. The smallest absolute Gasteiger partial charge is 0.135 e. The first-order chi connectivity index (χ1) is 9.97. The summed E-state index contributed by atoms with van der Waals surface area (Å²) in [6.45, 7) is 7.29. The zero-order valence-corrected chi connectivity index (χ0v) is 14.0. The fraction of sp³-hybridized carbons (Fsp3) is 0.750. The summed E-state index contributed by atoms with van der Waals surface area (Å²) in [5, 5.41) is 3.60. The number of nitrogens with one attached hydrogen (secondary N) is 1. The van der Waals surface area contributed by atoms with Crippen LogP contribution in [0.2, 0.25) is 0 Å². The van der Waals surface area contributed by atoms with Crippen molar-refractivity contribution >= 4 is 17.6 Å². The lowest BCUT2D eigenvalue weighted by atomic mass is 9.90. The van der Waals surface area contributed by atoms with Gasteiger partial charge in [-0.1, -0.05) is 20.8 Å². The highest BCUT2D eigenvalue weighted by atomic mass is 32.2. The van der Waals surface area contributed by atoms with E-state index in [0.717, 1.165) is 36.8 Å². The molecule has 3 heterocycles. The molecule has 0 saturated carbocycles. The zero-order valence-electron chi connectivity index (χ0n) is 13.2. The Kier molecular flexibility index (Phi) is 4.14. The van der Waals surface area contributed by atoms with Crippen molar-refractivity contribution in [1.82, 2.24) is 9.97 Å². The highest BCUT2D eigenvalue weighted by molar-refractivity contribution is 7.99. The number of hydrogen-bond donors (Lipinski definition) is 1. The summed E-state index contributed by atoms with van der Waals surface area (Å²) >= 11 is 2.02. The Hall–Kier alpha value is -0.810. The van der Waals surface area contributed by atoms with Crippen LogP contribution in [0.25, 0.3) is 0 Å². The lowest BCUT2D eigenvalue weighted by Crippen LogP contribution is -2.44. The molecule has 0 aromatic carbocycles. The molecule has 0 radical (unpaired) electrons. The van der Waals surface area contributed by atoms with Gasteiger partial charge in [0.25, 0.3) is 0 Å². The molecule has 2 aliphatic rings. The SMILES string of the molecule is CC(C)(C)c1nccc(NC2CCOC3(CCSC3)C2)n1. The summed E-state index contributed by atoms with van der Waals surface area (Å²) in [6.07, 6.45) is 5.19. The Morgan fingerprint density at radius 2 is 2.29 bits per heavy atom. The summed E-state index contributed by atoms with van der Waals surface area (Å²) in [4.78, 5) is 9.08. The van der Waals surface area contributed by atoms with E-state index >= 15 is 0 Å². The van der Waals surface area contributed by atoms with Crippen LogP contribution in [0.3, 0.4) is 0 Å². The third-order valence-corrected chi connectivity index (χ3v) is 5.46. The minimum Gasteiger partial charge on any atom is -0.374 e. The van der Waals surface area contributed by atoms with Crippen LogP contribution >= 0.6 is 11.8 Å². The van der Waals surface area contributed by atoms with Crippen molar-refractivity contribution in [1.29, 1.82) is 0 Å². The Morgan fingerprint density at radius 1 is 1.43 bits per heavy atom. The van der Waals surface area contributed by atoms with E-state index < -0.39 is 0 Å². The van der Waals surface area contributed by atoms with Gasteiger partial charge in [-0.3, -0.25) is 0 Å². The van der Waals surface area contributed by atoms with Gasteiger partial charge in [-0.15, -0.1) is 0 Å². The molecule has 2 atom stereocenters. The highest BCUT2D eigenvalue weighted by Crippen LogP contribution is 2.38. The molecule has 2 unspecified atom stereocenters. The van der Waals surface area contributed by atoms with Crippen molar-refractivity contribution in [2.24, 2.45) is 0 Å². The molecule has 1 aromatic heterocycles. The maximum atomic E-state index is 6.08. The molecule has 5 heteroatoms. The molecule has 3 rings (SSSR count). The van der Waals surface area contributed by atoms with Crippen molar-refractivity contribution in [3.63, 3.8) is 0 Å². The van der Waals surface area contributed by atoms with Crippen molar-refractivity contribution in [3.8, 4) is 0 Å². The number of hydrogen-bond acceptors (Lipinski definition) is 5. The second-order valence-electron chi connectivity index (χ2n) is 7.18. The number of thioether (sulfide) groups is 1. The molecular weight excluding hydrogens is 282 g/mol. The highest BCUT2D eigenvalue weighted by Gasteiger charge is 2.40. The first-order valence-corrected chi connectivity index (χ1v) is 8.94. The first-order valence-electron chi connectivity index (χ1n) is 7.79. The molecule has 1 aromatic rings. The normalized spacial score (nSPS) is 29.8. The third kappa shape index (κ3) is 3.51. The van der Waals surface area contributed by atoms with Crippen LogP contribution in [0.1, 0.15) is 45.9 Å². The molecular formula is C16H25N3OS. The molecule has 2 saturated heterocycles. The molecule has 4 nitrogen and oxygen atoms in total. The summed E-state index contributed by atoms with van der Waals surface area (Å²) in [7, 11) is 0. The van der Waals surface area contributed by atoms with Gasteiger partial charge in [0.05, 0.1) is 5.60 Å². The molecule has 0 aliphatic carbocycles. The van der Waals surface area contributed by atoms with E-state index in [1.807, 2.05) is 24.0 Å². The third-order valence-electron chi connectivity index (χ3n) is 4.24. The van der Waals surface area contributed by atoms with Gasteiger partial charge in [0.2, 0.25) is 0 Å². The number of aromatic nitrogens is 2. The average molecular weight is 307 g/mol. The summed E-state index contributed by atoms with van der Waals surface area (Å²) < 4.78 is 6.08. The molecule has 1 N–H and O–H groups in total. The average Bonchev–Trinajstić information content (AvgIpc) is 2.86. The number of ether oxygens (including phenoxy) is 1. The Bertz CT molecular complexity index is 495. The molecule has 116 valence electrons. The monoisotopic (exact) mass is 307 g/mol. The zero-order chi connectivity index (χ0) is 14.9. The number of anilines is 1. The van der Waals surface area contributed by atoms with E-state index in [9.17, 15) is 0 Å². The van der Waals surface area contributed by atoms with Gasteiger partial charge >= 0.3 is 0 Å². The number of nitrogens with zero attached hydrogens (tertiary/aromatic N) is 2. The van der Waals surface area contributed by atoms with Gasteiger partial charge in [-0.25, -0.2) is 9.97 Å². The van der Waals surface area contributed by atoms with Crippen molar-refractivity contribution in [2.75, 3.05) is 23.4 Å². The van der Waals surface area contributed by atoms with Gasteiger partial charge < -0.3 is 10.1 Å². The molecule has 0 bridgehead atoms. The minimum atomic E-state index is -0.0172. The van der Waals surface area contributed by atoms with Crippen molar-refractivity contribution < 1.29 is 4.74 Å². The fourth-order valence-electron chi connectivity index (χ4n) is 3.02. The predicted octanol–water partition coefficient (Wildman–Crippen LogP) is 3.24. The quantitative estimate of drug-likeness (QED) is 0.909. The molecule has 21 heavy (non-hydrogen) atoms. The lowest BCUT2D eigenvalue weighted by Gasteiger charge is -2.38. The van der Waals surface area contributed by atoms with Crippen molar-refractivity contribution in [2.45, 2.75) is 57.1 Å². The molecule has 0 amide bonds. The summed E-state index contributed by atoms with van der Waals surface area (Å²) in [6, 6.07) is 2.43. The predicted molar refractivity (Wildman–Crippen MR) is 88.0 cm³/mol. The van der Waals surface area contributed by atoms with Gasteiger partial charge in [-0.2, -0.15) is 11.8 Å². The van der Waals surface area contributed by atoms with E-state index in [-0.39, 0.29) is 11.0 Å². The second kappa shape index (κ2) is 5.76. The topological polar surface area (TPSA) is 47.0 Å². The standard InChI is InChI=1S/C16H25N3OS/c1-15(2,3)14-17-7-4-13(19-14)18-12-5-8-20-16(10-12)6-9-21-11-16/h4,7,12H,5-6,8-11H2,1-3H3,(H,17,18,19). The Labute approximate surface area is 131 Å². The van der Waals surface area contributed by atoms with Crippen LogP contribution in [-0.2, 0) is 10.2 Å². The molecule has 2 aliphatic heterocycles. The van der Waals surface area contributed by atoms with E-state index in [1.54, 1.807) is 0 Å². The van der Waals surface area contributed by atoms with E-state index in [0.29, 0.717) is 6.04 Å². The van der Waals surface area contributed by atoms with Crippen LogP contribution in [0.4, 0.5) is 5.82 Å².